The van der Waals surface area contributed by atoms with Crippen LogP contribution in [0.4, 0.5) is 0 Å². The van der Waals surface area contributed by atoms with E-state index >= 15 is 0 Å². The highest BCUT2D eigenvalue weighted by atomic mass is 16.4. The number of rotatable bonds is 9. The fraction of sp³-hybridized carbons (Fsp3) is 0.615. The summed E-state index contributed by atoms with van der Waals surface area (Å²) in [5, 5.41) is 15.3. The molecular weight excluding hydrogens is 246 g/mol. The summed E-state index contributed by atoms with van der Waals surface area (Å²) < 4.78 is 1.54. The van der Waals surface area contributed by atoms with Crippen LogP contribution in [-0.2, 0) is 11.8 Å². The Kier molecular flexibility index (Phi) is 6.63. The van der Waals surface area contributed by atoms with Crippen molar-refractivity contribution in [2.45, 2.75) is 38.5 Å². The fourth-order valence-corrected chi connectivity index (χ4v) is 1.82. The van der Waals surface area contributed by atoms with Crippen molar-refractivity contribution in [2.75, 3.05) is 6.54 Å². The zero-order chi connectivity index (χ0) is 14.1. The molecule has 0 radical (unpaired) electrons. The average Bonchev–Trinajstić information content (AvgIpc) is 2.78. The number of aromatic nitrogens is 2. The third-order valence-electron chi connectivity index (χ3n) is 2.91. The molecule has 0 aromatic carbocycles. The van der Waals surface area contributed by atoms with E-state index in [1.807, 2.05) is 0 Å². The predicted molar refractivity (Wildman–Crippen MR) is 70.9 cm³/mol. The first-order valence-electron chi connectivity index (χ1n) is 6.59. The molecule has 0 unspecified atom stereocenters. The van der Waals surface area contributed by atoms with Crippen molar-refractivity contribution < 1.29 is 14.7 Å². The summed E-state index contributed by atoms with van der Waals surface area (Å²) in [6.07, 6.45) is 6.43. The van der Waals surface area contributed by atoms with Gasteiger partial charge in [0.2, 0.25) is 0 Å². The summed E-state index contributed by atoms with van der Waals surface area (Å²) in [5.41, 5.74) is 0.557. The molecule has 0 saturated heterocycles. The van der Waals surface area contributed by atoms with Crippen LogP contribution in [0.5, 0.6) is 0 Å². The lowest BCUT2D eigenvalue weighted by molar-refractivity contribution is -0.137. The molecule has 0 saturated carbocycles. The smallest absolute Gasteiger partial charge is 0.303 e. The number of nitrogens with one attached hydrogen (secondary N) is 1. The van der Waals surface area contributed by atoms with Gasteiger partial charge in [0, 0.05) is 26.2 Å². The van der Waals surface area contributed by atoms with E-state index in [2.05, 4.69) is 10.4 Å². The van der Waals surface area contributed by atoms with E-state index in [4.69, 9.17) is 5.11 Å². The van der Waals surface area contributed by atoms with Gasteiger partial charge in [0.25, 0.3) is 5.91 Å². The Morgan fingerprint density at radius 1 is 1.26 bits per heavy atom. The highest BCUT2D eigenvalue weighted by Crippen LogP contribution is 2.05. The lowest BCUT2D eigenvalue weighted by Crippen LogP contribution is -2.26. The number of carbonyl (C=O) groups is 2. The first-order valence-corrected chi connectivity index (χ1v) is 6.59. The van der Waals surface area contributed by atoms with Gasteiger partial charge < -0.3 is 10.4 Å². The van der Waals surface area contributed by atoms with Crippen LogP contribution in [0.3, 0.4) is 0 Å². The molecule has 0 aliphatic carbocycles. The van der Waals surface area contributed by atoms with Gasteiger partial charge in [-0.25, -0.2) is 0 Å². The number of carboxylic acids is 1. The van der Waals surface area contributed by atoms with Crippen LogP contribution in [0.1, 0.15) is 49.0 Å². The van der Waals surface area contributed by atoms with Crippen molar-refractivity contribution in [3.8, 4) is 0 Å². The number of unbranched alkanes of at least 4 members (excludes halogenated alkanes) is 4. The summed E-state index contributed by atoms with van der Waals surface area (Å²) in [6, 6.07) is 1.68. The van der Waals surface area contributed by atoms with E-state index in [0.29, 0.717) is 12.2 Å². The minimum atomic E-state index is -0.733. The van der Waals surface area contributed by atoms with Crippen molar-refractivity contribution in [3.63, 3.8) is 0 Å². The Morgan fingerprint density at radius 2 is 1.95 bits per heavy atom. The van der Waals surface area contributed by atoms with Crippen molar-refractivity contribution in [2.24, 2.45) is 7.05 Å². The van der Waals surface area contributed by atoms with E-state index in [1.165, 1.54) is 0 Å². The van der Waals surface area contributed by atoms with Gasteiger partial charge in [-0.05, 0) is 18.9 Å². The zero-order valence-corrected chi connectivity index (χ0v) is 11.3. The SMILES string of the molecule is Cn1nccc1C(=O)NCCCCCCCC(=O)O. The predicted octanol–water partition coefficient (Wildman–Crippen LogP) is 1.58. The second-order valence-electron chi connectivity index (χ2n) is 4.51. The molecule has 6 nitrogen and oxygen atoms in total. The molecule has 0 fully saturated rings. The molecule has 1 aromatic heterocycles. The number of aryl methyl sites for hydroxylation is 1. The minimum absolute atomic E-state index is 0.106. The summed E-state index contributed by atoms with van der Waals surface area (Å²) in [7, 11) is 1.73. The van der Waals surface area contributed by atoms with Crippen LogP contribution >= 0.6 is 0 Å². The molecular formula is C13H21N3O3. The van der Waals surface area contributed by atoms with Gasteiger partial charge in [0.15, 0.2) is 0 Å². The van der Waals surface area contributed by atoms with Crippen LogP contribution in [-0.4, -0.2) is 33.3 Å². The molecule has 19 heavy (non-hydrogen) atoms. The maximum absolute atomic E-state index is 11.7. The lowest BCUT2D eigenvalue weighted by Gasteiger charge is -2.05. The summed E-state index contributed by atoms with van der Waals surface area (Å²) in [5.74, 6) is -0.839. The number of carboxylic acid groups (broad SMARTS) is 1. The highest BCUT2D eigenvalue weighted by molar-refractivity contribution is 5.92. The van der Waals surface area contributed by atoms with E-state index in [-0.39, 0.29) is 12.3 Å². The Balaban J connectivity index is 2.01. The molecule has 6 heteroatoms. The van der Waals surface area contributed by atoms with Gasteiger partial charge in [-0.3, -0.25) is 14.3 Å². The quantitative estimate of drug-likeness (QED) is 0.665. The van der Waals surface area contributed by atoms with E-state index < -0.39 is 5.97 Å². The maximum atomic E-state index is 11.7. The molecule has 1 aromatic rings. The highest BCUT2D eigenvalue weighted by Gasteiger charge is 2.08. The number of amides is 1. The van der Waals surface area contributed by atoms with Gasteiger partial charge in [0.1, 0.15) is 5.69 Å². The Bertz CT molecular complexity index is 415. The second-order valence-corrected chi connectivity index (χ2v) is 4.51. The largest absolute Gasteiger partial charge is 0.481 e. The minimum Gasteiger partial charge on any atom is -0.481 e. The molecule has 1 rings (SSSR count). The number of carbonyl (C=O) groups excluding carboxylic acids is 1. The van der Waals surface area contributed by atoms with Crippen molar-refractivity contribution >= 4 is 11.9 Å². The Labute approximate surface area is 112 Å². The van der Waals surface area contributed by atoms with Crippen molar-refractivity contribution in [1.29, 1.82) is 0 Å². The van der Waals surface area contributed by atoms with E-state index in [1.54, 1.807) is 24.0 Å². The van der Waals surface area contributed by atoms with Gasteiger partial charge in [-0.2, -0.15) is 5.10 Å². The summed E-state index contributed by atoms with van der Waals surface area (Å²) in [6.45, 7) is 0.642. The number of aliphatic carboxylic acids is 1. The second kappa shape index (κ2) is 8.29. The standard InChI is InChI=1S/C13H21N3O3/c1-16-11(8-10-15-16)13(19)14-9-6-4-2-3-5-7-12(17)18/h8,10H,2-7,9H2,1H3,(H,14,19)(H,17,18). The van der Waals surface area contributed by atoms with Crippen molar-refractivity contribution in [3.05, 3.63) is 18.0 Å². The maximum Gasteiger partial charge on any atom is 0.303 e. The van der Waals surface area contributed by atoms with E-state index in [0.717, 1.165) is 32.1 Å². The number of hydrogen-bond donors (Lipinski definition) is 2. The van der Waals surface area contributed by atoms with Gasteiger partial charge >= 0.3 is 5.97 Å². The molecule has 0 bridgehead atoms. The number of hydrogen-bond acceptors (Lipinski definition) is 3. The molecule has 0 aliphatic heterocycles. The Hall–Kier alpha value is -1.85. The van der Waals surface area contributed by atoms with Crippen molar-refractivity contribution in [1.82, 2.24) is 15.1 Å². The average molecular weight is 267 g/mol. The van der Waals surface area contributed by atoms with E-state index in [9.17, 15) is 9.59 Å². The van der Waals surface area contributed by atoms with Gasteiger partial charge in [-0.1, -0.05) is 19.3 Å². The van der Waals surface area contributed by atoms with Crippen LogP contribution in [0, 0.1) is 0 Å². The van der Waals surface area contributed by atoms with Gasteiger partial charge in [0.05, 0.1) is 0 Å². The molecule has 1 amide bonds. The molecule has 106 valence electrons. The zero-order valence-electron chi connectivity index (χ0n) is 11.3. The molecule has 0 atom stereocenters. The normalized spacial score (nSPS) is 10.4. The molecule has 2 N–H and O–H groups in total. The number of nitrogens with zero attached hydrogens (tertiary/aromatic N) is 2. The van der Waals surface area contributed by atoms with Crippen LogP contribution in [0.25, 0.3) is 0 Å². The topological polar surface area (TPSA) is 84.2 Å². The summed E-state index contributed by atoms with van der Waals surface area (Å²) >= 11 is 0. The molecule has 1 heterocycles. The van der Waals surface area contributed by atoms with Gasteiger partial charge in [-0.15, -0.1) is 0 Å². The van der Waals surface area contributed by atoms with Crippen LogP contribution < -0.4 is 5.32 Å². The van der Waals surface area contributed by atoms with Crippen LogP contribution in [0.2, 0.25) is 0 Å². The third kappa shape index (κ3) is 6.03. The molecule has 0 spiro atoms. The third-order valence-corrected chi connectivity index (χ3v) is 2.91. The first kappa shape index (κ1) is 15.2. The first-order chi connectivity index (χ1) is 9.11. The lowest BCUT2D eigenvalue weighted by atomic mass is 10.1. The monoisotopic (exact) mass is 267 g/mol. The van der Waals surface area contributed by atoms with Crippen LogP contribution in [0.15, 0.2) is 12.3 Å². The fourth-order valence-electron chi connectivity index (χ4n) is 1.82. The molecule has 0 aliphatic rings. The summed E-state index contributed by atoms with van der Waals surface area (Å²) in [4.78, 5) is 22.0. The Morgan fingerprint density at radius 3 is 2.58 bits per heavy atom.